The molecule has 0 saturated carbocycles. The van der Waals surface area contributed by atoms with Gasteiger partial charge in [0.25, 0.3) is 5.91 Å². The van der Waals surface area contributed by atoms with Crippen LogP contribution in [0.25, 0.3) is 0 Å². The second-order valence-electron chi connectivity index (χ2n) is 12.0. The number of hydrogen-bond acceptors (Lipinski definition) is 8. The molecule has 3 heterocycles. The van der Waals surface area contributed by atoms with Gasteiger partial charge in [0.2, 0.25) is 0 Å². The molecule has 0 aliphatic carbocycles. The zero-order valence-corrected chi connectivity index (χ0v) is 28.5. The highest BCUT2D eigenvalue weighted by molar-refractivity contribution is 7.98. The van der Waals surface area contributed by atoms with Gasteiger partial charge in [0.05, 0.1) is 17.7 Å². The molecule has 0 bridgehead atoms. The summed E-state index contributed by atoms with van der Waals surface area (Å²) in [6.45, 7) is 8.49. The zero-order valence-electron chi connectivity index (χ0n) is 26.9. The highest BCUT2D eigenvalue weighted by Crippen LogP contribution is 2.38. The topological polar surface area (TPSA) is 78.9 Å². The van der Waals surface area contributed by atoms with Crippen molar-refractivity contribution in [3.8, 4) is 5.75 Å². The number of ketones is 1. The Morgan fingerprint density at radius 2 is 1.57 bits per heavy atom. The molecule has 2 saturated heterocycles. The van der Waals surface area contributed by atoms with Crippen molar-refractivity contribution in [3.63, 3.8) is 0 Å². The van der Waals surface area contributed by atoms with E-state index in [1.54, 1.807) is 13.0 Å². The lowest BCUT2D eigenvalue weighted by Gasteiger charge is -2.41. The second-order valence-corrected chi connectivity index (χ2v) is 13.3. The third-order valence-corrected chi connectivity index (χ3v) is 10.3. The molecule has 2 aliphatic heterocycles. The van der Waals surface area contributed by atoms with E-state index in [1.165, 1.54) is 11.8 Å². The van der Waals surface area contributed by atoms with Crippen LogP contribution >= 0.6 is 23.4 Å². The van der Waals surface area contributed by atoms with E-state index >= 15 is 0 Å². The number of Topliss-reactive ketones (excluding diaryl/α,β-unsaturated/α-hetero) is 1. The van der Waals surface area contributed by atoms with Crippen molar-refractivity contribution in [2.24, 2.45) is 0 Å². The number of anilines is 2. The maximum absolute atomic E-state index is 13.5. The summed E-state index contributed by atoms with van der Waals surface area (Å²) in [5, 5.41) is 0.968. The fourth-order valence-electron chi connectivity index (χ4n) is 6.60. The van der Waals surface area contributed by atoms with E-state index in [4.69, 9.17) is 21.3 Å². The van der Waals surface area contributed by atoms with Gasteiger partial charge in [0, 0.05) is 56.7 Å². The van der Waals surface area contributed by atoms with Gasteiger partial charge in [0.15, 0.2) is 5.16 Å². The number of amides is 1. The Balaban J connectivity index is 1.06. The molecule has 0 radical (unpaired) electrons. The van der Waals surface area contributed by atoms with Crippen molar-refractivity contribution >= 4 is 46.6 Å². The second kappa shape index (κ2) is 14.8. The number of piperidine rings is 1. The summed E-state index contributed by atoms with van der Waals surface area (Å²) in [6.07, 6.45) is 1.43. The van der Waals surface area contributed by atoms with Gasteiger partial charge in [-0.15, -0.1) is 0 Å². The van der Waals surface area contributed by atoms with Gasteiger partial charge < -0.3 is 19.4 Å². The average molecular weight is 670 g/mol. The van der Waals surface area contributed by atoms with Crippen molar-refractivity contribution in [1.29, 1.82) is 0 Å². The van der Waals surface area contributed by atoms with Crippen LogP contribution in [0.1, 0.15) is 48.2 Å². The number of piperazine rings is 1. The molecule has 3 aromatic carbocycles. The SMILES string of the molecule is CCOc1ccccc1N1CCN(C(=O)c2cccc(CSc3nc(Cl)cc(N4CCC(C(C)=O)(c5ccccc5)CC4)n3)c2)CC1. The fraction of sp³-hybridized carbons (Fsp3) is 0.351. The van der Waals surface area contributed by atoms with Crippen LogP contribution in [0, 0.1) is 0 Å². The molecule has 8 nitrogen and oxygen atoms in total. The number of benzene rings is 3. The number of hydrogen-bond donors (Lipinski definition) is 0. The minimum absolute atomic E-state index is 0.0399. The summed E-state index contributed by atoms with van der Waals surface area (Å²) < 4.78 is 5.82. The first kappa shape index (κ1) is 32.8. The van der Waals surface area contributed by atoms with Crippen molar-refractivity contribution in [2.75, 3.05) is 55.7 Å². The minimum Gasteiger partial charge on any atom is -0.492 e. The third kappa shape index (κ3) is 7.41. The lowest BCUT2D eigenvalue weighted by Crippen LogP contribution is -2.48. The molecule has 1 aromatic heterocycles. The van der Waals surface area contributed by atoms with Gasteiger partial charge in [-0.2, -0.15) is 0 Å². The largest absolute Gasteiger partial charge is 0.492 e. The number of para-hydroxylation sites is 2. The summed E-state index contributed by atoms with van der Waals surface area (Å²) in [5.41, 5.74) is 3.37. The standard InChI is InChI=1S/C37H40ClN5O3S/c1-3-46-32-15-8-7-14-31(32)41-20-22-43(23-21-41)35(45)29-11-9-10-28(24-29)26-47-36-39-33(38)25-34(40-36)42-18-16-37(17-19-42,27(2)44)30-12-5-4-6-13-30/h4-15,24-25H,3,16-23,26H2,1-2H3. The number of carbonyl (C=O) groups excluding carboxylic acids is 2. The number of carbonyl (C=O) groups is 2. The van der Waals surface area contributed by atoms with E-state index in [1.807, 2.05) is 72.5 Å². The molecule has 10 heteroatoms. The Morgan fingerprint density at radius 3 is 2.30 bits per heavy atom. The first-order valence-electron chi connectivity index (χ1n) is 16.2. The molecule has 244 valence electrons. The molecule has 6 rings (SSSR count). The smallest absolute Gasteiger partial charge is 0.253 e. The van der Waals surface area contributed by atoms with E-state index in [0.29, 0.717) is 67.3 Å². The van der Waals surface area contributed by atoms with Crippen LogP contribution in [0.4, 0.5) is 11.5 Å². The van der Waals surface area contributed by atoms with Crippen LogP contribution in [0.15, 0.2) is 90.1 Å². The van der Waals surface area contributed by atoms with E-state index in [9.17, 15) is 9.59 Å². The zero-order chi connectivity index (χ0) is 32.8. The van der Waals surface area contributed by atoms with E-state index in [2.05, 4.69) is 33.0 Å². The number of ether oxygens (including phenoxy) is 1. The van der Waals surface area contributed by atoms with Crippen molar-refractivity contribution in [3.05, 3.63) is 107 Å². The molecule has 1 amide bonds. The van der Waals surface area contributed by atoms with Crippen LogP contribution in [0.2, 0.25) is 5.15 Å². The maximum atomic E-state index is 13.5. The Labute approximate surface area is 286 Å². The van der Waals surface area contributed by atoms with Crippen LogP contribution in [-0.4, -0.2) is 72.4 Å². The molecule has 0 atom stereocenters. The quantitative estimate of drug-likeness (QED) is 0.102. The number of rotatable bonds is 10. The average Bonchev–Trinajstić information content (AvgIpc) is 3.11. The van der Waals surface area contributed by atoms with Crippen LogP contribution in [-0.2, 0) is 16.0 Å². The fourth-order valence-corrected chi connectivity index (χ4v) is 7.63. The monoisotopic (exact) mass is 669 g/mol. The lowest BCUT2D eigenvalue weighted by molar-refractivity contribution is -0.123. The minimum atomic E-state index is -0.475. The predicted octanol–water partition coefficient (Wildman–Crippen LogP) is 6.91. The number of nitrogens with zero attached hydrogens (tertiary/aromatic N) is 5. The predicted molar refractivity (Wildman–Crippen MR) is 189 cm³/mol. The van der Waals surface area contributed by atoms with Gasteiger partial charge in [-0.05, 0) is 62.1 Å². The Kier molecular flexibility index (Phi) is 10.3. The molecular formula is C37H40ClN5O3S. The maximum Gasteiger partial charge on any atom is 0.253 e. The Morgan fingerprint density at radius 1 is 0.851 bits per heavy atom. The van der Waals surface area contributed by atoms with Crippen LogP contribution in [0.3, 0.4) is 0 Å². The summed E-state index contributed by atoms with van der Waals surface area (Å²) >= 11 is 7.97. The van der Waals surface area contributed by atoms with E-state index in [0.717, 1.165) is 41.5 Å². The molecule has 0 spiro atoms. The van der Waals surface area contributed by atoms with Crippen LogP contribution in [0.5, 0.6) is 5.75 Å². The Hall–Kier alpha value is -4.08. The lowest BCUT2D eigenvalue weighted by atomic mass is 9.70. The number of halogens is 1. The van der Waals surface area contributed by atoms with Gasteiger partial charge in [-0.25, -0.2) is 9.97 Å². The van der Waals surface area contributed by atoms with Crippen molar-refractivity contribution < 1.29 is 14.3 Å². The van der Waals surface area contributed by atoms with Crippen molar-refractivity contribution in [2.45, 2.75) is 43.0 Å². The number of thioether (sulfide) groups is 1. The first-order chi connectivity index (χ1) is 22.9. The molecular weight excluding hydrogens is 630 g/mol. The summed E-state index contributed by atoms with van der Waals surface area (Å²) in [7, 11) is 0. The molecule has 2 fully saturated rings. The molecule has 0 N–H and O–H groups in total. The molecule has 0 unspecified atom stereocenters. The van der Waals surface area contributed by atoms with Crippen LogP contribution < -0.4 is 14.5 Å². The van der Waals surface area contributed by atoms with Gasteiger partial charge in [-0.1, -0.05) is 78.0 Å². The van der Waals surface area contributed by atoms with E-state index in [-0.39, 0.29) is 11.7 Å². The van der Waals surface area contributed by atoms with Crippen molar-refractivity contribution in [1.82, 2.24) is 14.9 Å². The summed E-state index contributed by atoms with van der Waals surface area (Å²) in [4.78, 5) is 42.1. The summed E-state index contributed by atoms with van der Waals surface area (Å²) in [6, 6.07) is 27.8. The molecule has 4 aromatic rings. The third-order valence-electron chi connectivity index (χ3n) is 9.22. The van der Waals surface area contributed by atoms with Gasteiger partial charge in [-0.3, -0.25) is 9.59 Å². The normalized spacial score (nSPS) is 16.2. The highest BCUT2D eigenvalue weighted by Gasteiger charge is 2.40. The first-order valence-corrected chi connectivity index (χ1v) is 17.6. The molecule has 2 aliphatic rings. The molecule has 47 heavy (non-hydrogen) atoms. The van der Waals surface area contributed by atoms with Gasteiger partial charge in [0.1, 0.15) is 22.5 Å². The van der Waals surface area contributed by atoms with E-state index < -0.39 is 5.41 Å². The highest BCUT2D eigenvalue weighted by atomic mass is 35.5. The number of aromatic nitrogens is 2. The summed E-state index contributed by atoms with van der Waals surface area (Å²) in [5.74, 6) is 2.49. The van der Waals surface area contributed by atoms with Gasteiger partial charge >= 0.3 is 0 Å². The Bertz CT molecular complexity index is 1710.